The van der Waals surface area contributed by atoms with E-state index in [9.17, 15) is 0 Å². The van der Waals surface area contributed by atoms with Crippen molar-refractivity contribution in [2.45, 2.75) is 37.8 Å². The summed E-state index contributed by atoms with van der Waals surface area (Å²) in [5.41, 5.74) is 1.06. The van der Waals surface area contributed by atoms with Gasteiger partial charge in [0.25, 0.3) is 0 Å². The molecule has 1 unspecified atom stereocenters. The van der Waals surface area contributed by atoms with Gasteiger partial charge in [0.1, 0.15) is 0 Å². The van der Waals surface area contributed by atoms with Crippen molar-refractivity contribution in [2.24, 2.45) is 0 Å². The molecule has 1 fully saturated rings. The van der Waals surface area contributed by atoms with E-state index in [4.69, 9.17) is 9.47 Å². The van der Waals surface area contributed by atoms with Crippen LogP contribution >= 0.6 is 0 Å². The number of hydrogen-bond donors (Lipinski definition) is 0. The summed E-state index contributed by atoms with van der Waals surface area (Å²) < 4.78 is 11.9. The predicted molar refractivity (Wildman–Crippen MR) is 73.2 cm³/mol. The molecule has 1 aromatic carbocycles. The van der Waals surface area contributed by atoms with Crippen molar-refractivity contribution in [3.05, 3.63) is 61.2 Å². The standard InChI is InChI=1S/C16H20O2/c1-3-5-11-15-12-14(4-2)17-16(18-15)13-9-7-6-8-10-13/h3-4,6-10,14-16H,1-2,5,11-12H2/t14-,15+,16?/m1/s1. The highest BCUT2D eigenvalue weighted by Crippen LogP contribution is 2.31. The van der Waals surface area contributed by atoms with Crippen molar-refractivity contribution in [2.75, 3.05) is 0 Å². The third-order valence-corrected chi connectivity index (χ3v) is 3.14. The van der Waals surface area contributed by atoms with Gasteiger partial charge in [-0.2, -0.15) is 0 Å². The lowest BCUT2D eigenvalue weighted by atomic mass is 10.0. The molecular weight excluding hydrogens is 224 g/mol. The molecule has 0 N–H and O–H groups in total. The van der Waals surface area contributed by atoms with Crippen LogP contribution in [0, 0.1) is 0 Å². The van der Waals surface area contributed by atoms with Crippen molar-refractivity contribution in [1.82, 2.24) is 0 Å². The molecule has 0 radical (unpaired) electrons. The van der Waals surface area contributed by atoms with Crippen molar-refractivity contribution < 1.29 is 9.47 Å². The summed E-state index contributed by atoms with van der Waals surface area (Å²) in [4.78, 5) is 0. The minimum absolute atomic E-state index is 0.0683. The quantitative estimate of drug-likeness (QED) is 0.728. The van der Waals surface area contributed by atoms with Gasteiger partial charge in [0.15, 0.2) is 6.29 Å². The van der Waals surface area contributed by atoms with E-state index in [2.05, 4.69) is 13.2 Å². The lowest BCUT2D eigenvalue weighted by molar-refractivity contribution is -0.237. The zero-order valence-electron chi connectivity index (χ0n) is 10.6. The molecule has 18 heavy (non-hydrogen) atoms. The number of rotatable bonds is 5. The minimum Gasteiger partial charge on any atom is -0.345 e. The van der Waals surface area contributed by atoms with E-state index in [0.29, 0.717) is 0 Å². The Hall–Kier alpha value is -1.38. The number of ether oxygens (including phenoxy) is 2. The smallest absolute Gasteiger partial charge is 0.184 e. The van der Waals surface area contributed by atoms with Gasteiger partial charge in [0.05, 0.1) is 12.2 Å². The first kappa shape index (κ1) is 13.1. The van der Waals surface area contributed by atoms with Crippen LogP contribution < -0.4 is 0 Å². The van der Waals surface area contributed by atoms with Gasteiger partial charge in [-0.25, -0.2) is 0 Å². The summed E-state index contributed by atoms with van der Waals surface area (Å²) in [6.07, 6.45) is 6.62. The maximum absolute atomic E-state index is 5.99. The van der Waals surface area contributed by atoms with Crippen molar-refractivity contribution in [1.29, 1.82) is 0 Å². The molecule has 96 valence electrons. The Bertz CT molecular complexity index is 385. The molecule has 0 bridgehead atoms. The molecule has 0 saturated carbocycles. The molecule has 0 amide bonds. The maximum atomic E-state index is 5.99. The average molecular weight is 244 g/mol. The zero-order chi connectivity index (χ0) is 12.8. The summed E-state index contributed by atoms with van der Waals surface area (Å²) in [6.45, 7) is 7.58. The maximum Gasteiger partial charge on any atom is 0.184 e. The van der Waals surface area contributed by atoms with Crippen LogP contribution in [0.2, 0.25) is 0 Å². The molecule has 0 aromatic heterocycles. The molecular formula is C16H20O2. The molecule has 1 aliphatic rings. The topological polar surface area (TPSA) is 18.5 Å². The molecule has 3 atom stereocenters. The summed E-state index contributed by atoms with van der Waals surface area (Å²) in [6, 6.07) is 10.0. The third-order valence-electron chi connectivity index (χ3n) is 3.14. The van der Waals surface area contributed by atoms with Gasteiger partial charge in [-0.3, -0.25) is 0 Å². The summed E-state index contributed by atoms with van der Waals surface area (Å²) in [5.74, 6) is 0. The first-order chi connectivity index (χ1) is 8.83. The van der Waals surface area contributed by atoms with Crippen LogP contribution in [0.5, 0.6) is 0 Å². The highest BCUT2D eigenvalue weighted by atomic mass is 16.7. The van der Waals surface area contributed by atoms with Gasteiger partial charge in [0.2, 0.25) is 0 Å². The lowest BCUT2D eigenvalue weighted by Gasteiger charge is -2.34. The van der Waals surface area contributed by atoms with Crippen LogP contribution in [0.3, 0.4) is 0 Å². The van der Waals surface area contributed by atoms with Gasteiger partial charge in [-0.1, -0.05) is 42.5 Å². The molecule has 1 aromatic rings. The van der Waals surface area contributed by atoms with E-state index < -0.39 is 0 Å². The average Bonchev–Trinajstić information content (AvgIpc) is 2.45. The van der Waals surface area contributed by atoms with Crippen LogP contribution in [-0.4, -0.2) is 12.2 Å². The van der Waals surface area contributed by atoms with E-state index in [-0.39, 0.29) is 18.5 Å². The van der Waals surface area contributed by atoms with E-state index >= 15 is 0 Å². The lowest BCUT2D eigenvalue weighted by Crippen LogP contribution is -2.32. The van der Waals surface area contributed by atoms with Crippen molar-refractivity contribution in [3.63, 3.8) is 0 Å². The Labute approximate surface area is 109 Å². The second-order valence-electron chi connectivity index (χ2n) is 4.51. The van der Waals surface area contributed by atoms with E-state index in [0.717, 1.165) is 24.8 Å². The second-order valence-corrected chi connectivity index (χ2v) is 4.51. The van der Waals surface area contributed by atoms with Gasteiger partial charge >= 0.3 is 0 Å². The molecule has 1 saturated heterocycles. The highest BCUT2D eigenvalue weighted by molar-refractivity contribution is 5.16. The number of hydrogen-bond acceptors (Lipinski definition) is 2. The highest BCUT2D eigenvalue weighted by Gasteiger charge is 2.28. The predicted octanol–water partition coefficient (Wildman–Crippen LogP) is 4.01. The molecule has 2 nitrogen and oxygen atoms in total. The van der Waals surface area contributed by atoms with Gasteiger partial charge in [-0.15, -0.1) is 13.2 Å². The fourth-order valence-electron chi connectivity index (χ4n) is 2.14. The first-order valence-corrected chi connectivity index (χ1v) is 6.42. The van der Waals surface area contributed by atoms with E-state index in [1.165, 1.54) is 0 Å². The van der Waals surface area contributed by atoms with Gasteiger partial charge < -0.3 is 9.47 Å². The van der Waals surface area contributed by atoms with Crippen molar-refractivity contribution in [3.8, 4) is 0 Å². The van der Waals surface area contributed by atoms with Crippen LogP contribution in [0.25, 0.3) is 0 Å². The number of benzene rings is 1. The Morgan fingerprint density at radius 3 is 2.61 bits per heavy atom. The van der Waals surface area contributed by atoms with Crippen LogP contribution in [0.15, 0.2) is 55.6 Å². The minimum atomic E-state index is -0.280. The fraction of sp³-hybridized carbons (Fsp3) is 0.375. The summed E-state index contributed by atoms with van der Waals surface area (Å²) in [7, 11) is 0. The molecule has 0 aliphatic carbocycles. The second kappa shape index (κ2) is 6.53. The van der Waals surface area contributed by atoms with Crippen molar-refractivity contribution >= 4 is 0 Å². The Balaban J connectivity index is 2.06. The van der Waals surface area contributed by atoms with E-state index in [1.54, 1.807) is 0 Å². The monoisotopic (exact) mass is 244 g/mol. The largest absolute Gasteiger partial charge is 0.345 e. The normalized spacial score (nSPS) is 27.7. The molecule has 2 rings (SSSR count). The Kier molecular flexibility index (Phi) is 4.73. The molecule has 1 aliphatic heterocycles. The molecule has 2 heteroatoms. The van der Waals surface area contributed by atoms with Crippen LogP contribution in [0.4, 0.5) is 0 Å². The first-order valence-electron chi connectivity index (χ1n) is 6.42. The van der Waals surface area contributed by atoms with E-state index in [1.807, 2.05) is 42.5 Å². The summed E-state index contributed by atoms with van der Waals surface area (Å²) >= 11 is 0. The number of allylic oxidation sites excluding steroid dienone is 1. The van der Waals surface area contributed by atoms with Gasteiger partial charge in [0, 0.05) is 12.0 Å². The molecule has 0 spiro atoms. The zero-order valence-corrected chi connectivity index (χ0v) is 10.6. The fourth-order valence-corrected chi connectivity index (χ4v) is 2.14. The Morgan fingerprint density at radius 2 is 1.94 bits per heavy atom. The Morgan fingerprint density at radius 1 is 1.17 bits per heavy atom. The van der Waals surface area contributed by atoms with Crippen LogP contribution in [-0.2, 0) is 9.47 Å². The SMILES string of the molecule is C=CCC[C@H]1C[C@@H](C=C)OC(c2ccccc2)O1. The van der Waals surface area contributed by atoms with Crippen LogP contribution in [0.1, 0.15) is 31.1 Å². The van der Waals surface area contributed by atoms with Gasteiger partial charge in [-0.05, 0) is 12.8 Å². The molecule has 1 heterocycles. The summed E-state index contributed by atoms with van der Waals surface area (Å²) in [5, 5.41) is 0. The third kappa shape index (κ3) is 3.31.